The molecule has 1 fully saturated rings. The minimum Gasteiger partial charge on any atom is -0.355 e. The highest BCUT2D eigenvalue weighted by Crippen LogP contribution is 2.26. The van der Waals surface area contributed by atoms with Gasteiger partial charge >= 0.3 is 0 Å². The van der Waals surface area contributed by atoms with Gasteiger partial charge in [-0.1, -0.05) is 30.7 Å². The predicted molar refractivity (Wildman–Crippen MR) is 107 cm³/mol. The molecule has 3 N–H and O–H groups in total. The van der Waals surface area contributed by atoms with Crippen molar-refractivity contribution in [3.05, 3.63) is 35.4 Å². The zero-order chi connectivity index (χ0) is 16.2. The lowest BCUT2D eigenvalue weighted by Gasteiger charge is -2.33. The second-order valence-corrected chi connectivity index (χ2v) is 7.20. The highest BCUT2D eigenvalue weighted by atomic mass is 35.5. The van der Waals surface area contributed by atoms with Crippen LogP contribution < -0.4 is 11.1 Å². The summed E-state index contributed by atoms with van der Waals surface area (Å²) in [7, 11) is 0. The third-order valence-corrected chi connectivity index (χ3v) is 5.54. The number of carbonyl (C=O) groups excluding carboxylic acids is 1. The second-order valence-electron chi connectivity index (χ2n) is 7.20. The van der Waals surface area contributed by atoms with Crippen molar-refractivity contribution in [2.24, 2.45) is 11.7 Å². The van der Waals surface area contributed by atoms with Crippen LogP contribution in [-0.4, -0.2) is 36.0 Å². The number of nitrogens with one attached hydrogen (secondary N) is 1. The molecule has 1 aromatic rings. The summed E-state index contributed by atoms with van der Waals surface area (Å²) < 4.78 is 0. The average molecular weight is 388 g/mol. The van der Waals surface area contributed by atoms with Gasteiger partial charge < -0.3 is 11.1 Å². The van der Waals surface area contributed by atoms with Gasteiger partial charge in [0.15, 0.2) is 0 Å². The lowest BCUT2D eigenvalue weighted by Crippen LogP contribution is -2.44. The van der Waals surface area contributed by atoms with E-state index in [0.717, 1.165) is 38.9 Å². The van der Waals surface area contributed by atoms with Crippen LogP contribution in [0.4, 0.5) is 0 Å². The lowest BCUT2D eigenvalue weighted by atomic mass is 9.98. The summed E-state index contributed by atoms with van der Waals surface area (Å²) in [5.74, 6) is 0.545. The van der Waals surface area contributed by atoms with Crippen molar-refractivity contribution in [2.75, 3.05) is 13.1 Å². The summed E-state index contributed by atoms with van der Waals surface area (Å²) in [6.07, 6.45) is 5.04. The lowest BCUT2D eigenvalue weighted by molar-refractivity contribution is -0.122. The van der Waals surface area contributed by atoms with E-state index in [2.05, 4.69) is 41.4 Å². The number of carbonyl (C=O) groups is 1. The van der Waals surface area contributed by atoms with Crippen molar-refractivity contribution in [1.29, 1.82) is 0 Å². The number of nitrogens with two attached hydrogens (primary N) is 1. The van der Waals surface area contributed by atoms with Gasteiger partial charge in [-0.05, 0) is 43.2 Å². The molecule has 0 spiro atoms. The Hall–Kier alpha value is -0.810. The van der Waals surface area contributed by atoms with E-state index in [9.17, 15) is 4.79 Å². The molecule has 1 heterocycles. The molecule has 6 heteroatoms. The molecule has 1 aliphatic carbocycles. The third kappa shape index (κ3) is 5.85. The fourth-order valence-corrected chi connectivity index (χ4v) is 3.91. The fourth-order valence-electron chi connectivity index (χ4n) is 3.91. The molecule has 142 valence electrons. The molecular formula is C19H31Cl2N3O. The van der Waals surface area contributed by atoms with Gasteiger partial charge in [0.25, 0.3) is 0 Å². The van der Waals surface area contributed by atoms with E-state index in [0.29, 0.717) is 18.4 Å². The molecule has 0 saturated heterocycles. The summed E-state index contributed by atoms with van der Waals surface area (Å²) >= 11 is 0. The van der Waals surface area contributed by atoms with E-state index in [4.69, 9.17) is 5.73 Å². The highest BCUT2D eigenvalue weighted by molar-refractivity contribution is 5.85. The molecule has 3 rings (SSSR count). The first-order valence-electron chi connectivity index (χ1n) is 8.96. The Kier molecular flexibility index (Phi) is 9.22. The third-order valence-electron chi connectivity index (χ3n) is 5.54. The Labute approximate surface area is 163 Å². The number of hydrogen-bond acceptors (Lipinski definition) is 3. The van der Waals surface area contributed by atoms with E-state index in [1.54, 1.807) is 0 Å². The minimum atomic E-state index is 0. The number of amides is 1. The first-order chi connectivity index (χ1) is 11.1. The van der Waals surface area contributed by atoms with Crippen LogP contribution >= 0.6 is 24.8 Å². The van der Waals surface area contributed by atoms with E-state index in [1.165, 1.54) is 17.5 Å². The molecule has 0 radical (unpaired) electrons. The summed E-state index contributed by atoms with van der Waals surface area (Å²) in [6, 6.07) is 9.25. The van der Waals surface area contributed by atoms with Crippen molar-refractivity contribution in [1.82, 2.24) is 10.2 Å². The van der Waals surface area contributed by atoms with Crippen LogP contribution in [0.5, 0.6) is 0 Å². The molecule has 1 saturated carbocycles. The van der Waals surface area contributed by atoms with Gasteiger partial charge in [0.2, 0.25) is 5.91 Å². The summed E-state index contributed by atoms with van der Waals surface area (Å²) in [5, 5.41) is 3.11. The number of halogens is 2. The first kappa shape index (κ1) is 22.2. The Bertz CT molecular complexity index is 555. The quantitative estimate of drug-likeness (QED) is 0.816. The largest absolute Gasteiger partial charge is 0.355 e. The van der Waals surface area contributed by atoms with Crippen LogP contribution in [0.2, 0.25) is 0 Å². The second kappa shape index (κ2) is 10.4. The molecule has 1 unspecified atom stereocenters. The maximum atomic E-state index is 12.1. The zero-order valence-corrected chi connectivity index (χ0v) is 16.6. The minimum absolute atomic E-state index is 0. The first-order valence-corrected chi connectivity index (χ1v) is 8.96. The maximum Gasteiger partial charge on any atom is 0.220 e. The zero-order valence-electron chi connectivity index (χ0n) is 14.9. The van der Waals surface area contributed by atoms with Gasteiger partial charge in [-0.15, -0.1) is 24.8 Å². The van der Waals surface area contributed by atoms with E-state index in [-0.39, 0.29) is 36.8 Å². The van der Waals surface area contributed by atoms with E-state index >= 15 is 0 Å². The SMILES string of the molecule is CC(CNC(=O)C[C@@H]1CCC[C@H]1N)N1CCc2ccccc2C1.Cl.Cl. The molecule has 0 aromatic heterocycles. The monoisotopic (exact) mass is 387 g/mol. The van der Waals surface area contributed by atoms with Crippen LogP contribution in [0.3, 0.4) is 0 Å². The molecule has 2 aliphatic rings. The Balaban J connectivity index is 0.00000156. The summed E-state index contributed by atoms with van der Waals surface area (Å²) in [6.45, 7) is 4.99. The van der Waals surface area contributed by atoms with Gasteiger partial charge in [0, 0.05) is 38.1 Å². The molecule has 4 nitrogen and oxygen atoms in total. The highest BCUT2D eigenvalue weighted by Gasteiger charge is 2.26. The van der Waals surface area contributed by atoms with E-state index in [1.807, 2.05) is 0 Å². The van der Waals surface area contributed by atoms with Crippen LogP contribution in [0, 0.1) is 5.92 Å². The number of hydrogen-bond donors (Lipinski definition) is 2. The molecular weight excluding hydrogens is 357 g/mol. The van der Waals surface area contributed by atoms with E-state index < -0.39 is 0 Å². The Morgan fingerprint density at radius 3 is 2.68 bits per heavy atom. The average Bonchev–Trinajstić information content (AvgIpc) is 2.97. The van der Waals surface area contributed by atoms with Crippen LogP contribution in [0.15, 0.2) is 24.3 Å². The summed E-state index contributed by atoms with van der Waals surface area (Å²) in [5.41, 5.74) is 8.95. The standard InChI is InChI=1S/C19H29N3O.2ClH/c1-14(12-21-19(23)11-16-7-4-8-18(16)20)22-10-9-15-5-2-3-6-17(15)13-22;;/h2-3,5-6,14,16,18H,4,7-13,20H2,1H3,(H,21,23);2*1H/t14?,16-,18+;;/m0../s1. The van der Waals surface area contributed by atoms with Crippen molar-refractivity contribution in [3.8, 4) is 0 Å². The number of nitrogens with zero attached hydrogens (tertiary/aromatic N) is 1. The van der Waals surface area contributed by atoms with Gasteiger partial charge in [0.1, 0.15) is 0 Å². The van der Waals surface area contributed by atoms with Gasteiger partial charge in [-0.25, -0.2) is 0 Å². The number of rotatable bonds is 5. The molecule has 1 aromatic carbocycles. The van der Waals surface area contributed by atoms with Crippen LogP contribution in [0.1, 0.15) is 43.7 Å². The van der Waals surface area contributed by atoms with Crippen molar-refractivity contribution < 1.29 is 4.79 Å². The Morgan fingerprint density at radius 2 is 2.00 bits per heavy atom. The predicted octanol–water partition coefficient (Wildman–Crippen LogP) is 2.91. The fraction of sp³-hybridized carbons (Fsp3) is 0.632. The summed E-state index contributed by atoms with van der Waals surface area (Å²) in [4.78, 5) is 14.6. The van der Waals surface area contributed by atoms with Crippen molar-refractivity contribution >= 4 is 30.7 Å². The van der Waals surface area contributed by atoms with Crippen molar-refractivity contribution in [2.45, 2.75) is 57.7 Å². The normalized spacial score (nSPS) is 23.8. The van der Waals surface area contributed by atoms with Gasteiger partial charge in [-0.3, -0.25) is 9.69 Å². The number of fused-ring (bicyclic) bond motifs is 1. The van der Waals surface area contributed by atoms with Gasteiger partial charge in [-0.2, -0.15) is 0 Å². The Morgan fingerprint density at radius 1 is 1.28 bits per heavy atom. The van der Waals surface area contributed by atoms with Crippen LogP contribution in [-0.2, 0) is 17.8 Å². The topological polar surface area (TPSA) is 58.4 Å². The molecule has 3 atom stereocenters. The smallest absolute Gasteiger partial charge is 0.220 e. The number of benzene rings is 1. The van der Waals surface area contributed by atoms with Crippen LogP contribution in [0.25, 0.3) is 0 Å². The maximum absolute atomic E-state index is 12.1. The van der Waals surface area contributed by atoms with Gasteiger partial charge in [0.05, 0.1) is 0 Å². The molecule has 0 bridgehead atoms. The molecule has 1 amide bonds. The van der Waals surface area contributed by atoms with Crippen molar-refractivity contribution in [3.63, 3.8) is 0 Å². The molecule has 1 aliphatic heterocycles. The molecule has 25 heavy (non-hydrogen) atoms.